The number of carboxylic acid groups (broad SMARTS) is 1. The minimum atomic E-state index is -0.863. The van der Waals surface area contributed by atoms with E-state index in [2.05, 4.69) is 53.5 Å². The van der Waals surface area contributed by atoms with E-state index in [0.29, 0.717) is 41.1 Å². The minimum Gasteiger partial charge on any atom is -0.481 e. The molecule has 45 heavy (non-hydrogen) atoms. The number of hydrogen-bond acceptors (Lipinski definition) is 5. The maximum absolute atomic E-state index is 14.0. The normalized spacial score (nSPS) is 43.4. The van der Waals surface area contributed by atoms with Crippen molar-refractivity contribution >= 4 is 17.7 Å². The number of fused-ring (bicyclic) bond motifs is 7. The van der Waals surface area contributed by atoms with Gasteiger partial charge in [0.15, 0.2) is 0 Å². The van der Waals surface area contributed by atoms with E-state index in [0.717, 1.165) is 44.9 Å². The summed E-state index contributed by atoms with van der Waals surface area (Å²) in [6.45, 7) is 17.2. The summed E-state index contributed by atoms with van der Waals surface area (Å²) >= 11 is 0. The Hall–Kier alpha value is -2.24. The standard InChI is InChI=1S/C39H57NO5/c1-24(2)26-14-19-39(30(41)12-13-32(42)43)21-20-37(6)27(33(26)39)10-11-29-36(5)17-16-31(45-34(44)25-9-8-22-40-23-25)35(3,4)28(36)15-18-38(29,37)7/h8-9,22-24,26-29,31,33H,10-21H2,1-7H3,(H,42,43)/t26-,27?,28?,29?,31+,33?,36-,37+,38+,39+/m0/s1. The summed E-state index contributed by atoms with van der Waals surface area (Å²) in [6.07, 6.45) is 14.0. The highest BCUT2D eigenvalue weighted by molar-refractivity contribution is 5.89. The molecule has 10 atom stereocenters. The molecule has 6 heteroatoms. The summed E-state index contributed by atoms with van der Waals surface area (Å²) in [7, 11) is 0. The number of nitrogens with zero attached hydrogens (tertiary/aromatic N) is 1. The highest BCUT2D eigenvalue weighted by Gasteiger charge is 2.72. The van der Waals surface area contributed by atoms with Crippen LogP contribution >= 0.6 is 0 Å². The Morgan fingerprint density at radius 2 is 1.64 bits per heavy atom. The van der Waals surface area contributed by atoms with Crippen molar-refractivity contribution < 1.29 is 24.2 Å². The molecule has 4 unspecified atom stereocenters. The Morgan fingerprint density at radius 3 is 2.31 bits per heavy atom. The van der Waals surface area contributed by atoms with Crippen LogP contribution in [0.25, 0.3) is 0 Å². The maximum atomic E-state index is 14.0. The molecule has 5 aliphatic rings. The van der Waals surface area contributed by atoms with E-state index < -0.39 is 5.97 Å². The monoisotopic (exact) mass is 619 g/mol. The second kappa shape index (κ2) is 11.2. The van der Waals surface area contributed by atoms with Crippen LogP contribution in [0.2, 0.25) is 0 Å². The number of pyridine rings is 1. The Kier molecular flexibility index (Phi) is 8.13. The van der Waals surface area contributed by atoms with Crippen LogP contribution in [0, 0.1) is 62.6 Å². The number of carbonyl (C=O) groups excluding carboxylic acids is 2. The molecule has 248 valence electrons. The van der Waals surface area contributed by atoms with Crippen LogP contribution in [0.4, 0.5) is 0 Å². The van der Waals surface area contributed by atoms with Crippen LogP contribution in [-0.4, -0.2) is 33.9 Å². The first kappa shape index (κ1) is 32.7. The average Bonchev–Trinajstić information content (AvgIpc) is 3.39. The van der Waals surface area contributed by atoms with Crippen LogP contribution in [0.3, 0.4) is 0 Å². The molecule has 1 heterocycles. The third-order valence-corrected chi connectivity index (χ3v) is 15.5. The van der Waals surface area contributed by atoms with Gasteiger partial charge in [-0.2, -0.15) is 0 Å². The summed E-state index contributed by atoms with van der Waals surface area (Å²) in [4.78, 5) is 42.7. The lowest BCUT2D eigenvalue weighted by Crippen LogP contribution is -2.67. The van der Waals surface area contributed by atoms with Crippen LogP contribution in [-0.2, 0) is 14.3 Å². The average molecular weight is 620 g/mol. The zero-order valence-electron chi connectivity index (χ0n) is 28.9. The van der Waals surface area contributed by atoms with Crippen molar-refractivity contribution in [2.24, 2.45) is 62.6 Å². The lowest BCUT2D eigenvalue weighted by Gasteiger charge is -2.73. The van der Waals surface area contributed by atoms with Crippen LogP contribution in [0.1, 0.15) is 136 Å². The van der Waals surface area contributed by atoms with Gasteiger partial charge >= 0.3 is 11.9 Å². The largest absolute Gasteiger partial charge is 0.481 e. The molecule has 6 nitrogen and oxygen atoms in total. The highest BCUT2D eigenvalue weighted by Crippen LogP contribution is 2.77. The van der Waals surface area contributed by atoms with E-state index in [4.69, 9.17) is 4.74 Å². The van der Waals surface area contributed by atoms with Gasteiger partial charge in [0.25, 0.3) is 0 Å². The molecule has 0 aromatic carbocycles. The molecule has 1 aromatic heterocycles. The third kappa shape index (κ3) is 4.76. The molecule has 0 bridgehead atoms. The molecule has 5 fully saturated rings. The summed E-state index contributed by atoms with van der Waals surface area (Å²) in [6, 6.07) is 3.57. The van der Waals surface area contributed by atoms with E-state index in [1.165, 1.54) is 19.3 Å². The van der Waals surface area contributed by atoms with Gasteiger partial charge < -0.3 is 9.84 Å². The number of carbonyl (C=O) groups is 3. The van der Waals surface area contributed by atoms with E-state index >= 15 is 0 Å². The number of ketones is 1. The molecule has 5 saturated carbocycles. The smallest absolute Gasteiger partial charge is 0.339 e. The zero-order valence-corrected chi connectivity index (χ0v) is 28.9. The number of carboxylic acids is 1. The molecule has 6 rings (SSSR count). The zero-order chi connectivity index (χ0) is 32.6. The fourth-order valence-electron chi connectivity index (χ4n) is 13.2. The van der Waals surface area contributed by atoms with E-state index in [1.807, 2.05) is 0 Å². The van der Waals surface area contributed by atoms with Gasteiger partial charge in [0.2, 0.25) is 0 Å². The Bertz CT molecular complexity index is 1320. The Labute approximate surface area is 270 Å². The minimum absolute atomic E-state index is 0.0462. The number of Topliss-reactive ketones (excluding diaryl/α,β-unsaturated/α-hetero) is 1. The van der Waals surface area contributed by atoms with Gasteiger partial charge in [-0.1, -0.05) is 48.5 Å². The number of hydrogen-bond donors (Lipinski definition) is 1. The summed E-state index contributed by atoms with van der Waals surface area (Å²) in [5, 5.41) is 9.42. The first-order valence-electron chi connectivity index (χ1n) is 18.0. The molecule has 0 radical (unpaired) electrons. The molecule has 5 aliphatic carbocycles. The Balaban J connectivity index is 1.29. The molecular formula is C39H57NO5. The molecule has 1 aromatic rings. The van der Waals surface area contributed by atoms with Crippen molar-refractivity contribution in [1.82, 2.24) is 4.98 Å². The molecule has 0 aliphatic heterocycles. The number of ether oxygens (including phenoxy) is 1. The van der Waals surface area contributed by atoms with Crippen molar-refractivity contribution in [3.8, 4) is 0 Å². The number of aliphatic carboxylic acids is 1. The quantitative estimate of drug-likeness (QED) is 0.307. The van der Waals surface area contributed by atoms with Gasteiger partial charge in [0.1, 0.15) is 11.9 Å². The van der Waals surface area contributed by atoms with Gasteiger partial charge in [-0.3, -0.25) is 14.6 Å². The van der Waals surface area contributed by atoms with Crippen LogP contribution in [0.5, 0.6) is 0 Å². The predicted molar refractivity (Wildman–Crippen MR) is 174 cm³/mol. The van der Waals surface area contributed by atoms with Crippen LogP contribution in [0.15, 0.2) is 24.5 Å². The Morgan fingerprint density at radius 1 is 0.889 bits per heavy atom. The van der Waals surface area contributed by atoms with Crippen molar-refractivity contribution in [2.45, 2.75) is 132 Å². The fourth-order valence-corrected chi connectivity index (χ4v) is 13.2. The highest BCUT2D eigenvalue weighted by atomic mass is 16.5. The van der Waals surface area contributed by atoms with Crippen molar-refractivity contribution in [3.05, 3.63) is 30.1 Å². The second-order valence-corrected chi connectivity index (χ2v) is 17.6. The SMILES string of the molecule is CC(C)[C@@H]1CC[C@]2(C(=O)CCC(=O)O)CC[C@]3(C)C(CCC4[C@@]5(C)CC[C@@H](OC(=O)c6cccnc6)C(C)(C)C5CC[C@]43C)C12. The first-order valence-corrected chi connectivity index (χ1v) is 18.0. The van der Waals surface area contributed by atoms with Gasteiger partial charge in [-0.15, -0.1) is 0 Å². The van der Waals surface area contributed by atoms with Crippen molar-refractivity contribution in [3.63, 3.8) is 0 Å². The molecular weight excluding hydrogens is 562 g/mol. The van der Waals surface area contributed by atoms with E-state index in [9.17, 15) is 19.5 Å². The van der Waals surface area contributed by atoms with E-state index in [1.54, 1.807) is 24.5 Å². The molecule has 0 amide bonds. The predicted octanol–water partition coefficient (Wildman–Crippen LogP) is 8.78. The number of aromatic nitrogens is 1. The number of rotatable bonds is 7. The van der Waals surface area contributed by atoms with Gasteiger partial charge in [0.05, 0.1) is 12.0 Å². The number of esters is 1. The molecule has 1 N–H and O–H groups in total. The van der Waals surface area contributed by atoms with Crippen molar-refractivity contribution in [2.75, 3.05) is 0 Å². The second-order valence-electron chi connectivity index (χ2n) is 17.6. The summed E-state index contributed by atoms with van der Waals surface area (Å²) in [5.74, 6) is 2.09. The maximum Gasteiger partial charge on any atom is 0.339 e. The van der Waals surface area contributed by atoms with Crippen LogP contribution < -0.4 is 0 Å². The van der Waals surface area contributed by atoms with Crippen molar-refractivity contribution in [1.29, 1.82) is 0 Å². The lowest BCUT2D eigenvalue weighted by molar-refractivity contribution is -0.247. The third-order valence-electron chi connectivity index (χ3n) is 15.5. The van der Waals surface area contributed by atoms with Gasteiger partial charge in [-0.05, 0) is 128 Å². The first-order chi connectivity index (χ1) is 21.1. The molecule has 0 spiro atoms. The fraction of sp³-hybridized carbons (Fsp3) is 0.795. The van der Waals surface area contributed by atoms with Gasteiger partial charge in [-0.25, -0.2) is 4.79 Å². The summed E-state index contributed by atoms with van der Waals surface area (Å²) in [5.41, 5.74) is 0.548. The van der Waals surface area contributed by atoms with Gasteiger partial charge in [0, 0.05) is 29.6 Å². The topological polar surface area (TPSA) is 93.6 Å². The lowest BCUT2D eigenvalue weighted by atomic mass is 9.32. The summed E-state index contributed by atoms with van der Waals surface area (Å²) < 4.78 is 6.26. The molecule has 0 saturated heterocycles. The van der Waals surface area contributed by atoms with E-state index in [-0.39, 0.29) is 57.8 Å².